The number of likely N-dealkylation sites (tertiary alicyclic amines) is 1. The van der Waals surface area contributed by atoms with Crippen molar-refractivity contribution in [3.05, 3.63) is 0 Å². The van der Waals surface area contributed by atoms with Crippen molar-refractivity contribution in [1.29, 1.82) is 0 Å². The molecule has 0 saturated carbocycles. The number of rotatable bonds is 3. The molecule has 1 rings (SSSR count). The van der Waals surface area contributed by atoms with Crippen LogP contribution in [-0.4, -0.2) is 46.9 Å². The first-order valence-corrected chi connectivity index (χ1v) is 6.23. The second-order valence-corrected chi connectivity index (χ2v) is 5.52. The van der Waals surface area contributed by atoms with Gasteiger partial charge in [-0.3, -0.25) is 9.69 Å². The highest BCUT2D eigenvalue weighted by molar-refractivity contribution is 5.70. The number of nitrogens with one attached hydrogen (secondary N) is 1. The average Bonchev–Trinajstić information content (AvgIpc) is 2.17. The number of nitrogens with zero attached hydrogens (tertiary/aromatic N) is 1. The molecular weight excluding hydrogens is 236 g/mol. The maximum Gasteiger partial charge on any atom is 0.408 e. The van der Waals surface area contributed by atoms with Gasteiger partial charge in [0.15, 0.2) is 0 Å². The van der Waals surface area contributed by atoms with E-state index in [1.54, 1.807) is 25.7 Å². The molecule has 1 atom stereocenters. The molecule has 1 aliphatic heterocycles. The standard InChI is InChI=1S/C12H22N2O4/c1-12(2,3)18-11(17)13-9-6-4-5-7-14(9)8-10(15)16/h9H,4-8H2,1-3H3,(H,13,17)(H,15,16)/t9-/m0/s1. The SMILES string of the molecule is CC(C)(C)OC(=O)N[C@@H]1CCCCN1CC(=O)O. The van der Waals surface area contributed by atoms with Crippen molar-refractivity contribution in [2.24, 2.45) is 0 Å². The van der Waals surface area contributed by atoms with Gasteiger partial charge < -0.3 is 15.2 Å². The Morgan fingerprint density at radius 1 is 1.39 bits per heavy atom. The van der Waals surface area contributed by atoms with E-state index in [1.165, 1.54) is 0 Å². The number of carbonyl (C=O) groups is 2. The van der Waals surface area contributed by atoms with Gasteiger partial charge in [0, 0.05) is 6.54 Å². The molecule has 0 aromatic rings. The van der Waals surface area contributed by atoms with Gasteiger partial charge in [-0.2, -0.15) is 0 Å². The van der Waals surface area contributed by atoms with Crippen LogP contribution in [0.5, 0.6) is 0 Å². The minimum absolute atomic E-state index is 0.0551. The number of aliphatic carboxylic acids is 1. The van der Waals surface area contributed by atoms with E-state index in [0.717, 1.165) is 19.3 Å². The maximum absolute atomic E-state index is 11.7. The molecule has 2 N–H and O–H groups in total. The van der Waals surface area contributed by atoms with Crippen LogP contribution in [-0.2, 0) is 9.53 Å². The molecule has 0 unspecified atom stereocenters. The summed E-state index contributed by atoms with van der Waals surface area (Å²) in [6.45, 7) is 6.01. The van der Waals surface area contributed by atoms with Crippen LogP contribution in [0.25, 0.3) is 0 Å². The zero-order valence-corrected chi connectivity index (χ0v) is 11.2. The molecule has 0 aromatic heterocycles. The summed E-state index contributed by atoms with van der Waals surface area (Å²) in [5.74, 6) is -0.882. The number of carboxylic acids is 1. The van der Waals surface area contributed by atoms with Crippen LogP contribution in [0.2, 0.25) is 0 Å². The summed E-state index contributed by atoms with van der Waals surface area (Å²) in [5.41, 5.74) is -0.545. The van der Waals surface area contributed by atoms with E-state index in [9.17, 15) is 9.59 Å². The average molecular weight is 258 g/mol. The van der Waals surface area contributed by atoms with Crippen molar-refractivity contribution in [3.63, 3.8) is 0 Å². The summed E-state index contributed by atoms with van der Waals surface area (Å²) < 4.78 is 5.17. The van der Waals surface area contributed by atoms with Gasteiger partial charge >= 0.3 is 12.1 Å². The van der Waals surface area contributed by atoms with Crippen molar-refractivity contribution in [2.45, 2.75) is 51.8 Å². The van der Waals surface area contributed by atoms with E-state index in [2.05, 4.69) is 5.32 Å². The van der Waals surface area contributed by atoms with Gasteiger partial charge in [0.25, 0.3) is 0 Å². The fraction of sp³-hybridized carbons (Fsp3) is 0.833. The minimum atomic E-state index is -0.882. The smallest absolute Gasteiger partial charge is 0.408 e. The summed E-state index contributed by atoms with van der Waals surface area (Å²) in [5, 5.41) is 11.6. The Morgan fingerprint density at radius 2 is 2.06 bits per heavy atom. The number of carbonyl (C=O) groups excluding carboxylic acids is 1. The molecule has 0 aromatic carbocycles. The number of hydrogen-bond donors (Lipinski definition) is 2. The van der Waals surface area contributed by atoms with Crippen molar-refractivity contribution in [1.82, 2.24) is 10.2 Å². The molecule has 18 heavy (non-hydrogen) atoms. The Labute approximate surface area is 107 Å². The lowest BCUT2D eigenvalue weighted by Crippen LogP contribution is -2.53. The molecule has 104 valence electrons. The highest BCUT2D eigenvalue weighted by Crippen LogP contribution is 2.15. The molecular formula is C12H22N2O4. The first kappa shape index (κ1) is 14.8. The van der Waals surface area contributed by atoms with E-state index >= 15 is 0 Å². The Kier molecular flexibility index (Phi) is 4.95. The van der Waals surface area contributed by atoms with Crippen molar-refractivity contribution in [3.8, 4) is 0 Å². The quantitative estimate of drug-likeness (QED) is 0.800. The van der Waals surface area contributed by atoms with Crippen LogP contribution in [0.1, 0.15) is 40.0 Å². The monoisotopic (exact) mass is 258 g/mol. The van der Waals surface area contributed by atoms with Crippen LogP contribution in [0.15, 0.2) is 0 Å². The van der Waals surface area contributed by atoms with Gasteiger partial charge in [0.05, 0.1) is 12.7 Å². The molecule has 0 aliphatic carbocycles. The number of amides is 1. The number of carboxylic acid groups (broad SMARTS) is 1. The lowest BCUT2D eigenvalue weighted by atomic mass is 10.1. The number of ether oxygens (including phenoxy) is 1. The molecule has 0 spiro atoms. The number of piperidine rings is 1. The predicted molar refractivity (Wildman–Crippen MR) is 66.2 cm³/mol. The van der Waals surface area contributed by atoms with Crippen molar-refractivity contribution >= 4 is 12.1 Å². The Morgan fingerprint density at radius 3 is 2.61 bits per heavy atom. The van der Waals surface area contributed by atoms with Gasteiger partial charge in [-0.25, -0.2) is 4.79 Å². The highest BCUT2D eigenvalue weighted by Gasteiger charge is 2.27. The summed E-state index contributed by atoms with van der Waals surface area (Å²) >= 11 is 0. The summed E-state index contributed by atoms with van der Waals surface area (Å²) in [6.07, 6.45) is 1.96. The lowest BCUT2D eigenvalue weighted by Gasteiger charge is -2.35. The second-order valence-electron chi connectivity index (χ2n) is 5.52. The number of alkyl carbamates (subject to hydrolysis) is 1. The van der Waals surface area contributed by atoms with Gasteiger partial charge in [0.1, 0.15) is 5.60 Å². The third kappa shape index (κ3) is 5.35. The highest BCUT2D eigenvalue weighted by atomic mass is 16.6. The van der Waals surface area contributed by atoms with Gasteiger partial charge in [-0.1, -0.05) is 0 Å². The molecule has 1 aliphatic rings. The Balaban J connectivity index is 2.51. The molecule has 6 nitrogen and oxygen atoms in total. The van der Waals surface area contributed by atoms with E-state index in [-0.39, 0.29) is 12.7 Å². The van der Waals surface area contributed by atoms with E-state index in [0.29, 0.717) is 6.54 Å². The van der Waals surface area contributed by atoms with Crippen molar-refractivity contribution < 1.29 is 19.4 Å². The van der Waals surface area contributed by atoms with Gasteiger partial charge in [0.2, 0.25) is 0 Å². The normalized spacial score (nSPS) is 21.4. The van der Waals surface area contributed by atoms with E-state index in [4.69, 9.17) is 9.84 Å². The predicted octanol–water partition coefficient (Wildman–Crippen LogP) is 1.41. The van der Waals surface area contributed by atoms with Crippen LogP contribution >= 0.6 is 0 Å². The third-order valence-corrected chi connectivity index (χ3v) is 2.64. The molecule has 1 amide bonds. The summed E-state index contributed by atoms with van der Waals surface area (Å²) in [6, 6.07) is 0. The molecule has 0 bridgehead atoms. The van der Waals surface area contributed by atoms with Crippen LogP contribution in [0.4, 0.5) is 4.79 Å². The zero-order valence-electron chi connectivity index (χ0n) is 11.2. The number of hydrogen-bond acceptors (Lipinski definition) is 4. The Bertz CT molecular complexity index is 312. The van der Waals surface area contributed by atoms with Crippen molar-refractivity contribution in [2.75, 3.05) is 13.1 Å². The van der Waals surface area contributed by atoms with Crippen LogP contribution < -0.4 is 5.32 Å². The van der Waals surface area contributed by atoms with Gasteiger partial charge in [-0.05, 0) is 40.0 Å². The molecule has 1 fully saturated rings. The minimum Gasteiger partial charge on any atom is -0.480 e. The molecule has 6 heteroatoms. The topological polar surface area (TPSA) is 78.9 Å². The van der Waals surface area contributed by atoms with Gasteiger partial charge in [-0.15, -0.1) is 0 Å². The van der Waals surface area contributed by atoms with Crippen LogP contribution in [0.3, 0.4) is 0 Å². The first-order chi connectivity index (χ1) is 8.28. The largest absolute Gasteiger partial charge is 0.480 e. The van der Waals surface area contributed by atoms with Crippen LogP contribution in [0, 0.1) is 0 Å². The fourth-order valence-electron chi connectivity index (χ4n) is 1.96. The maximum atomic E-state index is 11.7. The molecule has 0 radical (unpaired) electrons. The summed E-state index contributed by atoms with van der Waals surface area (Å²) in [7, 11) is 0. The van der Waals surface area contributed by atoms with E-state index in [1.807, 2.05) is 0 Å². The molecule has 1 heterocycles. The third-order valence-electron chi connectivity index (χ3n) is 2.64. The first-order valence-electron chi connectivity index (χ1n) is 6.23. The lowest BCUT2D eigenvalue weighted by molar-refractivity contribution is -0.139. The zero-order chi connectivity index (χ0) is 13.8. The molecule has 1 saturated heterocycles. The summed E-state index contributed by atoms with van der Waals surface area (Å²) in [4.78, 5) is 24.2. The fourth-order valence-corrected chi connectivity index (χ4v) is 1.96. The van der Waals surface area contributed by atoms with E-state index < -0.39 is 17.7 Å². The Hall–Kier alpha value is -1.30. The second kappa shape index (κ2) is 6.04.